The van der Waals surface area contributed by atoms with E-state index in [1.807, 2.05) is 19.1 Å². The number of nitrogens with zero attached hydrogens (tertiary/aromatic N) is 1. The highest BCUT2D eigenvalue weighted by Gasteiger charge is 2.02. The highest BCUT2D eigenvalue weighted by Crippen LogP contribution is 2.19. The van der Waals surface area contributed by atoms with Crippen LogP contribution in [0.5, 0.6) is 5.75 Å². The van der Waals surface area contributed by atoms with Crippen LogP contribution < -0.4 is 15.8 Å². The quantitative estimate of drug-likeness (QED) is 0.801. The van der Waals surface area contributed by atoms with Crippen molar-refractivity contribution >= 4 is 5.69 Å². The molecule has 0 aliphatic carbocycles. The fraction of sp³-hybridized carbons (Fsp3) is 0.417. The zero-order valence-electron chi connectivity index (χ0n) is 10.1. The number of nitrogens with two attached hydrogens (primary N) is 1. The van der Waals surface area contributed by atoms with Crippen molar-refractivity contribution in [2.24, 2.45) is 5.73 Å². The lowest BCUT2D eigenvalue weighted by molar-refractivity contribution is 0.413. The molecule has 1 heterocycles. The van der Waals surface area contributed by atoms with Crippen LogP contribution >= 0.6 is 0 Å². The van der Waals surface area contributed by atoms with E-state index in [0.29, 0.717) is 5.82 Å². The summed E-state index contributed by atoms with van der Waals surface area (Å²) >= 11 is 0. The molecule has 0 fully saturated rings. The van der Waals surface area contributed by atoms with Gasteiger partial charge in [0.25, 0.3) is 0 Å². The van der Waals surface area contributed by atoms with Gasteiger partial charge in [0, 0.05) is 6.07 Å². The van der Waals surface area contributed by atoms with Gasteiger partial charge in [-0.15, -0.1) is 0 Å². The first kappa shape index (κ1) is 12.4. The summed E-state index contributed by atoms with van der Waals surface area (Å²) < 4.78 is 5.11. The van der Waals surface area contributed by atoms with Crippen LogP contribution in [0.2, 0.25) is 0 Å². The molecule has 0 amide bonds. The Morgan fingerprint density at radius 3 is 3.00 bits per heavy atom. The normalized spacial score (nSPS) is 11.3. The van der Waals surface area contributed by atoms with Crippen molar-refractivity contribution in [3.05, 3.63) is 29.9 Å². The van der Waals surface area contributed by atoms with Gasteiger partial charge in [-0.25, -0.2) is 0 Å². The zero-order chi connectivity index (χ0) is 12.0. The molecule has 0 saturated carbocycles. The van der Waals surface area contributed by atoms with E-state index in [0.717, 1.165) is 30.0 Å². The Bertz CT molecular complexity index is 375. The Balaban J connectivity index is 2.79. The van der Waals surface area contributed by atoms with Crippen LogP contribution in [-0.4, -0.2) is 12.1 Å². The molecule has 0 aliphatic rings. The average Bonchev–Trinajstić information content (AvgIpc) is 2.29. The van der Waals surface area contributed by atoms with Gasteiger partial charge in [0.2, 0.25) is 0 Å². The van der Waals surface area contributed by atoms with Gasteiger partial charge in [-0.1, -0.05) is 13.3 Å². The number of nitrogens with one attached hydrogen (secondary N) is 1. The number of ether oxygens (including phenoxy) is 1. The van der Waals surface area contributed by atoms with E-state index in [9.17, 15) is 0 Å². The minimum atomic E-state index is 0.653. The van der Waals surface area contributed by atoms with E-state index >= 15 is 0 Å². The third kappa shape index (κ3) is 3.46. The number of aryl methyl sites for hydroxylation is 1. The fourth-order valence-corrected chi connectivity index (χ4v) is 1.26. The van der Waals surface area contributed by atoms with Crippen LogP contribution in [0.25, 0.3) is 0 Å². The van der Waals surface area contributed by atoms with Gasteiger partial charge < -0.3 is 15.8 Å². The second-order valence-corrected chi connectivity index (χ2v) is 3.58. The van der Waals surface area contributed by atoms with E-state index in [2.05, 4.69) is 17.2 Å². The number of hydrogen-bond acceptors (Lipinski definition) is 4. The largest absolute Gasteiger partial charge is 0.495 e. The molecule has 0 saturated heterocycles. The molecule has 0 atom stereocenters. The summed E-state index contributed by atoms with van der Waals surface area (Å²) in [6.07, 6.45) is 5.71. The topological polar surface area (TPSA) is 60.2 Å². The lowest BCUT2D eigenvalue weighted by Crippen LogP contribution is -2.10. The molecule has 0 aliphatic heterocycles. The smallest absolute Gasteiger partial charge is 0.139 e. The number of aromatic nitrogens is 1. The van der Waals surface area contributed by atoms with Crippen LogP contribution in [0.1, 0.15) is 25.5 Å². The molecule has 3 N–H and O–H groups in total. The van der Waals surface area contributed by atoms with Crippen LogP contribution in [0, 0.1) is 6.92 Å². The molecule has 16 heavy (non-hydrogen) atoms. The van der Waals surface area contributed by atoms with E-state index < -0.39 is 0 Å². The van der Waals surface area contributed by atoms with Crippen molar-refractivity contribution in [1.29, 1.82) is 0 Å². The lowest BCUT2D eigenvalue weighted by Gasteiger charge is -2.10. The summed E-state index contributed by atoms with van der Waals surface area (Å²) in [7, 11) is 1.62. The van der Waals surface area contributed by atoms with Gasteiger partial charge in [0.05, 0.1) is 30.5 Å². The highest BCUT2D eigenvalue weighted by atomic mass is 16.5. The van der Waals surface area contributed by atoms with Crippen molar-refractivity contribution in [2.45, 2.75) is 26.7 Å². The van der Waals surface area contributed by atoms with Crippen molar-refractivity contribution in [3.63, 3.8) is 0 Å². The number of rotatable bonds is 5. The molecule has 1 aromatic rings. The summed E-state index contributed by atoms with van der Waals surface area (Å²) in [5, 5.41) is 3.12. The fourth-order valence-electron chi connectivity index (χ4n) is 1.26. The summed E-state index contributed by atoms with van der Waals surface area (Å²) in [5.74, 6) is 1.37. The third-order valence-electron chi connectivity index (χ3n) is 2.23. The maximum atomic E-state index is 5.83. The molecule has 0 bridgehead atoms. The standard InChI is InChI=1S/C12H19N3O/c1-4-5-6-12(13)15-11-7-10(16-3)8-14-9(11)2/h6-8,15H,4-5,13H2,1-3H3/b12-6+. The van der Waals surface area contributed by atoms with E-state index in [1.54, 1.807) is 13.3 Å². The van der Waals surface area contributed by atoms with Gasteiger partial charge >= 0.3 is 0 Å². The molecule has 4 nitrogen and oxygen atoms in total. The van der Waals surface area contributed by atoms with E-state index in [1.165, 1.54) is 0 Å². The van der Waals surface area contributed by atoms with Gasteiger partial charge in [-0.3, -0.25) is 4.98 Å². The number of allylic oxidation sites excluding steroid dienone is 1. The van der Waals surface area contributed by atoms with Crippen LogP contribution in [-0.2, 0) is 0 Å². The third-order valence-corrected chi connectivity index (χ3v) is 2.23. The maximum absolute atomic E-state index is 5.83. The summed E-state index contributed by atoms with van der Waals surface area (Å²) in [5.41, 5.74) is 7.61. The molecular formula is C12H19N3O. The monoisotopic (exact) mass is 221 g/mol. The van der Waals surface area contributed by atoms with Crippen molar-refractivity contribution in [1.82, 2.24) is 4.98 Å². The van der Waals surface area contributed by atoms with Gasteiger partial charge in [0.1, 0.15) is 5.75 Å². The SMILES string of the molecule is CCC/C=C(\N)Nc1cc(OC)cnc1C. The molecule has 0 radical (unpaired) electrons. The first-order valence-electron chi connectivity index (χ1n) is 5.40. The Labute approximate surface area is 96.5 Å². The molecule has 0 unspecified atom stereocenters. The van der Waals surface area contributed by atoms with Gasteiger partial charge in [-0.05, 0) is 19.4 Å². The van der Waals surface area contributed by atoms with Crippen LogP contribution in [0.3, 0.4) is 0 Å². The summed E-state index contributed by atoms with van der Waals surface area (Å²) in [6.45, 7) is 4.04. The molecule has 88 valence electrons. The zero-order valence-corrected chi connectivity index (χ0v) is 10.1. The predicted octanol–water partition coefficient (Wildman–Crippen LogP) is 2.41. The van der Waals surface area contributed by atoms with Crippen LogP contribution in [0.15, 0.2) is 24.2 Å². The van der Waals surface area contributed by atoms with Gasteiger partial charge in [0.15, 0.2) is 0 Å². The Morgan fingerprint density at radius 2 is 2.38 bits per heavy atom. The summed E-state index contributed by atoms with van der Waals surface area (Å²) in [6, 6.07) is 1.88. The Hall–Kier alpha value is -1.71. The van der Waals surface area contributed by atoms with Crippen molar-refractivity contribution in [3.8, 4) is 5.75 Å². The Kier molecular flexibility index (Phi) is 4.64. The first-order valence-corrected chi connectivity index (χ1v) is 5.40. The highest BCUT2D eigenvalue weighted by molar-refractivity contribution is 5.54. The van der Waals surface area contributed by atoms with E-state index in [-0.39, 0.29) is 0 Å². The van der Waals surface area contributed by atoms with Crippen molar-refractivity contribution < 1.29 is 4.74 Å². The maximum Gasteiger partial charge on any atom is 0.139 e. The minimum absolute atomic E-state index is 0.653. The van der Waals surface area contributed by atoms with Crippen molar-refractivity contribution in [2.75, 3.05) is 12.4 Å². The van der Waals surface area contributed by atoms with Crippen LogP contribution in [0.4, 0.5) is 5.69 Å². The molecule has 0 aromatic carbocycles. The second kappa shape index (κ2) is 6.00. The number of anilines is 1. The predicted molar refractivity (Wildman–Crippen MR) is 66.3 cm³/mol. The molecule has 0 spiro atoms. The van der Waals surface area contributed by atoms with E-state index in [4.69, 9.17) is 10.5 Å². The number of hydrogen-bond donors (Lipinski definition) is 2. The van der Waals surface area contributed by atoms with Gasteiger partial charge in [-0.2, -0.15) is 0 Å². The lowest BCUT2D eigenvalue weighted by atomic mass is 10.3. The number of unbranched alkanes of at least 4 members (excludes halogenated alkanes) is 1. The first-order chi connectivity index (χ1) is 7.67. The average molecular weight is 221 g/mol. The molecule has 4 heteroatoms. The molecular weight excluding hydrogens is 202 g/mol. The number of methoxy groups -OCH3 is 1. The second-order valence-electron chi connectivity index (χ2n) is 3.58. The number of pyridine rings is 1. The summed E-state index contributed by atoms with van der Waals surface area (Å²) in [4.78, 5) is 4.21. The Morgan fingerprint density at radius 1 is 1.62 bits per heavy atom. The molecule has 1 aromatic heterocycles. The minimum Gasteiger partial charge on any atom is -0.495 e. The molecule has 1 rings (SSSR count).